The van der Waals surface area contributed by atoms with Crippen LogP contribution in [0.4, 0.5) is 10.1 Å². The van der Waals surface area contributed by atoms with E-state index in [4.69, 9.17) is 0 Å². The molecule has 98 valence electrons. The van der Waals surface area contributed by atoms with E-state index in [-0.39, 0.29) is 11.6 Å². The number of anilines is 1. The molecule has 0 saturated heterocycles. The van der Waals surface area contributed by atoms with E-state index in [0.29, 0.717) is 16.1 Å². The first kappa shape index (κ1) is 12.3. The minimum absolute atomic E-state index is 0.0955. The fraction of sp³-hybridized carbons (Fsp3) is 0.250. The van der Waals surface area contributed by atoms with Gasteiger partial charge in [-0.3, -0.25) is 9.89 Å². The predicted molar refractivity (Wildman–Crippen MR) is 70.4 cm³/mol. The summed E-state index contributed by atoms with van der Waals surface area (Å²) in [5, 5.41) is 9.28. The fourth-order valence-electron chi connectivity index (χ4n) is 1.68. The summed E-state index contributed by atoms with van der Waals surface area (Å²) >= 11 is 3.18. The van der Waals surface area contributed by atoms with Crippen LogP contribution in [0, 0.1) is 5.82 Å². The Bertz CT molecular complexity index is 638. The quantitative estimate of drug-likeness (QED) is 0.912. The van der Waals surface area contributed by atoms with Gasteiger partial charge in [0.05, 0.1) is 5.69 Å². The van der Waals surface area contributed by atoms with Gasteiger partial charge in [-0.05, 0) is 47.0 Å². The number of hydrogen-bond donors (Lipinski definition) is 2. The van der Waals surface area contributed by atoms with Crippen molar-refractivity contribution in [3.05, 3.63) is 40.1 Å². The maximum atomic E-state index is 12.9. The van der Waals surface area contributed by atoms with E-state index in [0.717, 1.165) is 18.7 Å². The molecular formula is C12H10BrFN4O. The zero-order chi connectivity index (χ0) is 13.4. The van der Waals surface area contributed by atoms with Gasteiger partial charge in [0.25, 0.3) is 5.91 Å². The molecule has 0 unspecified atom stereocenters. The summed E-state index contributed by atoms with van der Waals surface area (Å²) in [5.41, 5.74) is 0.476. The highest BCUT2D eigenvalue weighted by atomic mass is 79.9. The average molecular weight is 325 g/mol. The van der Waals surface area contributed by atoms with Crippen LogP contribution in [0.5, 0.6) is 0 Å². The number of nitrogens with zero attached hydrogens (tertiary/aromatic N) is 2. The van der Waals surface area contributed by atoms with Crippen LogP contribution in [-0.4, -0.2) is 21.1 Å². The van der Waals surface area contributed by atoms with Crippen LogP contribution < -0.4 is 5.32 Å². The maximum absolute atomic E-state index is 12.9. The van der Waals surface area contributed by atoms with Crippen LogP contribution in [-0.2, 0) is 0 Å². The van der Waals surface area contributed by atoms with Gasteiger partial charge >= 0.3 is 0 Å². The van der Waals surface area contributed by atoms with Crippen molar-refractivity contribution in [3.63, 3.8) is 0 Å². The molecule has 1 aromatic carbocycles. The van der Waals surface area contributed by atoms with Crippen molar-refractivity contribution in [2.75, 3.05) is 5.32 Å². The van der Waals surface area contributed by atoms with Gasteiger partial charge in [-0.2, -0.15) is 0 Å². The summed E-state index contributed by atoms with van der Waals surface area (Å²) in [5.74, 6) is 0.460. The number of H-pyrrole nitrogens is 1. The number of aromatic amines is 1. The van der Waals surface area contributed by atoms with Crippen molar-refractivity contribution in [1.29, 1.82) is 0 Å². The zero-order valence-corrected chi connectivity index (χ0v) is 11.4. The third kappa shape index (κ3) is 2.65. The highest BCUT2D eigenvalue weighted by Crippen LogP contribution is 2.37. The average Bonchev–Trinajstić information content (AvgIpc) is 3.10. The third-order valence-corrected chi connectivity index (χ3v) is 3.51. The number of benzene rings is 1. The van der Waals surface area contributed by atoms with Gasteiger partial charge in [-0.1, -0.05) is 0 Å². The number of carbonyl (C=O) groups is 1. The number of halogens is 2. The Hall–Kier alpha value is -1.76. The van der Waals surface area contributed by atoms with Crippen molar-refractivity contribution >= 4 is 27.5 Å². The predicted octanol–water partition coefficient (Wildman–Crippen LogP) is 2.84. The molecule has 1 amide bonds. The summed E-state index contributed by atoms with van der Waals surface area (Å²) in [7, 11) is 0. The van der Waals surface area contributed by atoms with Crippen molar-refractivity contribution in [3.8, 4) is 0 Å². The normalized spacial score (nSPS) is 14.4. The van der Waals surface area contributed by atoms with Crippen LogP contribution in [0.25, 0.3) is 0 Å². The number of amides is 1. The van der Waals surface area contributed by atoms with E-state index in [1.54, 1.807) is 0 Å². The summed E-state index contributed by atoms with van der Waals surface area (Å²) in [4.78, 5) is 16.1. The standard InChI is InChI=1S/C12H10BrFN4O/c13-8-5-7(14)3-4-9(8)15-12(19)11-16-10(17-18-11)6-1-2-6/h3-6H,1-2H2,(H,15,19)(H,16,17,18). The van der Waals surface area contributed by atoms with Crippen LogP contribution >= 0.6 is 15.9 Å². The number of nitrogens with one attached hydrogen (secondary N) is 2. The van der Waals surface area contributed by atoms with Crippen molar-refractivity contribution in [2.24, 2.45) is 0 Å². The fourth-order valence-corrected chi connectivity index (χ4v) is 2.13. The Morgan fingerprint density at radius 2 is 2.26 bits per heavy atom. The minimum Gasteiger partial charge on any atom is -0.318 e. The molecule has 1 heterocycles. The maximum Gasteiger partial charge on any atom is 0.295 e. The van der Waals surface area contributed by atoms with Crippen molar-refractivity contribution in [2.45, 2.75) is 18.8 Å². The van der Waals surface area contributed by atoms with Crippen LogP contribution in [0.3, 0.4) is 0 Å². The minimum atomic E-state index is -0.421. The Morgan fingerprint density at radius 3 is 2.95 bits per heavy atom. The Kier molecular flexibility index (Phi) is 3.06. The van der Waals surface area contributed by atoms with Gasteiger partial charge in [0, 0.05) is 10.4 Å². The molecule has 3 rings (SSSR count). The number of rotatable bonds is 3. The summed E-state index contributed by atoms with van der Waals surface area (Å²) in [6.07, 6.45) is 2.17. The zero-order valence-electron chi connectivity index (χ0n) is 9.78. The largest absolute Gasteiger partial charge is 0.318 e. The lowest BCUT2D eigenvalue weighted by Gasteiger charge is -2.04. The van der Waals surface area contributed by atoms with Gasteiger partial charge < -0.3 is 5.32 Å². The second kappa shape index (κ2) is 4.73. The molecule has 1 aromatic heterocycles. The first-order valence-corrected chi connectivity index (χ1v) is 6.61. The van der Waals surface area contributed by atoms with Gasteiger partial charge in [-0.15, -0.1) is 5.10 Å². The molecule has 0 spiro atoms. The Balaban J connectivity index is 1.76. The molecule has 5 nitrogen and oxygen atoms in total. The van der Waals surface area contributed by atoms with E-state index in [2.05, 4.69) is 36.4 Å². The lowest BCUT2D eigenvalue weighted by atomic mass is 10.3. The summed E-state index contributed by atoms with van der Waals surface area (Å²) in [6, 6.07) is 4.03. The monoisotopic (exact) mass is 324 g/mol. The molecule has 7 heteroatoms. The Labute approximate surface area is 116 Å². The Morgan fingerprint density at radius 1 is 1.47 bits per heavy atom. The molecule has 0 radical (unpaired) electrons. The van der Waals surface area contributed by atoms with Gasteiger partial charge in [0.2, 0.25) is 5.82 Å². The second-order valence-electron chi connectivity index (χ2n) is 4.40. The van der Waals surface area contributed by atoms with E-state index in [9.17, 15) is 9.18 Å². The molecule has 1 aliphatic carbocycles. The number of carbonyl (C=O) groups excluding carboxylic acids is 1. The van der Waals surface area contributed by atoms with Gasteiger partial charge in [-0.25, -0.2) is 9.37 Å². The van der Waals surface area contributed by atoms with E-state index >= 15 is 0 Å². The molecule has 2 N–H and O–H groups in total. The van der Waals surface area contributed by atoms with E-state index in [1.165, 1.54) is 18.2 Å². The highest BCUT2D eigenvalue weighted by Gasteiger charge is 2.28. The van der Waals surface area contributed by atoms with E-state index < -0.39 is 5.91 Å². The van der Waals surface area contributed by atoms with Crippen LogP contribution in [0.2, 0.25) is 0 Å². The first-order chi connectivity index (χ1) is 9.13. The number of hydrogen-bond acceptors (Lipinski definition) is 3. The SMILES string of the molecule is O=C(Nc1ccc(F)cc1Br)c1n[nH]c(C2CC2)n1. The lowest BCUT2D eigenvalue weighted by molar-refractivity contribution is 0.101. The van der Waals surface area contributed by atoms with Gasteiger partial charge in [0.15, 0.2) is 0 Å². The van der Waals surface area contributed by atoms with Gasteiger partial charge in [0.1, 0.15) is 11.6 Å². The third-order valence-electron chi connectivity index (χ3n) is 2.85. The molecule has 2 aromatic rings. The second-order valence-corrected chi connectivity index (χ2v) is 5.25. The molecule has 1 fully saturated rings. The van der Waals surface area contributed by atoms with Crippen molar-refractivity contribution < 1.29 is 9.18 Å². The molecule has 1 aliphatic rings. The van der Waals surface area contributed by atoms with Crippen molar-refractivity contribution in [1.82, 2.24) is 15.2 Å². The molecule has 0 bridgehead atoms. The topological polar surface area (TPSA) is 70.7 Å². The molecule has 0 aliphatic heterocycles. The molecule has 1 saturated carbocycles. The highest BCUT2D eigenvalue weighted by molar-refractivity contribution is 9.10. The van der Waals surface area contributed by atoms with E-state index in [1.807, 2.05) is 0 Å². The van der Waals surface area contributed by atoms with Crippen LogP contribution in [0.1, 0.15) is 35.2 Å². The smallest absolute Gasteiger partial charge is 0.295 e. The molecule has 0 atom stereocenters. The summed E-state index contributed by atoms with van der Waals surface area (Å²) < 4.78 is 13.4. The number of aromatic nitrogens is 3. The first-order valence-electron chi connectivity index (χ1n) is 5.82. The summed E-state index contributed by atoms with van der Waals surface area (Å²) in [6.45, 7) is 0. The lowest BCUT2D eigenvalue weighted by Crippen LogP contribution is -2.14. The molecule has 19 heavy (non-hydrogen) atoms. The molecular weight excluding hydrogens is 315 g/mol. The van der Waals surface area contributed by atoms with Crippen LogP contribution in [0.15, 0.2) is 22.7 Å².